The molecular weight excluding hydrogens is 360 g/mol. The van der Waals surface area contributed by atoms with Gasteiger partial charge in [0.1, 0.15) is 0 Å². The van der Waals surface area contributed by atoms with Gasteiger partial charge in [-0.3, -0.25) is 9.59 Å². The number of para-hydroxylation sites is 1. The van der Waals surface area contributed by atoms with E-state index in [1.54, 1.807) is 11.0 Å². The second-order valence-corrected chi connectivity index (χ2v) is 7.47. The molecule has 3 aromatic rings. The molecule has 0 fully saturated rings. The molecule has 2 heterocycles. The normalized spacial score (nSPS) is 13.9. The average molecular weight is 380 g/mol. The van der Waals surface area contributed by atoms with E-state index in [1.807, 2.05) is 54.9 Å². The summed E-state index contributed by atoms with van der Waals surface area (Å²) in [5, 5.41) is 4.29. The first-order valence-corrected chi connectivity index (χ1v) is 9.72. The Morgan fingerprint density at radius 1 is 1.22 bits per heavy atom. The number of thiazole rings is 1. The van der Waals surface area contributed by atoms with E-state index in [0.29, 0.717) is 18.5 Å². The third-order valence-corrected chi connectivity index (χ3v) is 5.92. The van der Waals surface area contributed by atoms with Gasteiger partial charge in [-0.2, -0.15) is 0 Å². The van der Waals surface area contributed by atoms with Crippen LogP contribution in [-0.2, 0) is 18.3 Å². The Kier molecular flexibility index (Phi) is 4.53. The monoisotopic (exact) mass is 380 g/mol. The SMILES string of the molecule is CCC(=O)N1CCc2cc(C(=O)N/N=c3/sc4ccccc4n3C)ccc21. The first kappa shape index (κ1) is 17.5. The summed E-state index contributed by atoms with van der Waals surface area (Å²) in [4.78, 5) is 27.0. The van der Waals surface area contributed by atoms with Gasteiger partial charge in [-0.15, -0.1) is 5.10 Å². The summed E-state index contributed by atoms with van der Waals surface area (Å²) in [5.41, 5.74) is 6.21. The molecule has 2 aromatic carbocycles. The third-order valence-electron chi connectivity index (χ3n) is 4.81. The van der Waals surface area contributed by atoms with Crippen molar-refractivity contribution in [2.24, 2.45) is 12.1 Å². The van der Waals surface area contributed by atoms with Crippen molar-refractivity contribution in [3.8, 4) is 0 Å². The molecular formula is C20H20N4O2S. The molecule has 0 saturated heterocycles. The van der Waals surface area contributed by atoms with Crippen molar-refractivity contribution in [2.75, 3.05) is 11.4 Å². The number of rotatable bonds is 3. The van der Waals surface area contributed by atoms with E-state index in [0.717, 1.165) is 32.7 Å². The summed E-state index contributed by atoms with van der Waals surface area (Å²) in [5.74, 6) is -0.145. The lowest BCUT2D eigenvalue weighted by atomic mass is 10.1. The van der Waals surface area contributed by atoms with Crippen LogP contribution in [0, 0.1) is 0 Å². The number of carbonyl (C=O) groups is 2. The van der Waals surface area contributed by atoms with Gasteiger partial charge >= 0.3 is 0 Å². The molecule has 2 amide bonds. The highest BCUT2D eigenvalue weighted by Crippen LogP contribution is 2.29. The van der Waals surface area contributed by atoms with Crippen LogP contribution in [0.25, 0.3) is 10.2 Å². The first-order valence-electron chi connectivity index (χ1n) is 8.90. The molecule has 138 valence electrons. The van der Waals surface area contributed by atoms with Crippen molar-refractivity contribution in [1.29, 1.82) is 0 Å². The Morgan fingerprint density at radius 3 is 2.81 bits per heavy atom. The topological polar surface area (TPSA) is 66.7 Å². The van der Waals surface area contributed by atoms with Crippen molar-refractivity contribution in [2.45, 2.75) is 19.8 Å². The van der Waals surface area contributed by atoms with E-state index in [-0.39, 0.29) is 11.8 Å². The van der Waals surface area contributed by atoms with Crippen LogP contribution in [0.15, 0.2) is 47.6 Å². The Bertz CT molecular complexity index is 1110. The zero-order valence-electron chi connectivity index (χ0n) is 15.2. The van der Waals surface area contributed by atoms with Crippen molar-refractivity contribution in [1.82, 2.24) is 9.99 Å². The van der Waals surface area contributed by atoms with E-state index in [2.05, 4.69) is 10.5 Å². The number of amides is 2. The quantitative estimate of drug-likeness (QED) is 0.710. The molecule has 7 heteroatoms. The predicted molar refractivity (Wildman–Crippen MR) is 107 cm³/mol. The maximum Gasteiger partial charge on any atom is 0.271 e. The molecule has 0 atom stereocenters. The van der Waals surface area contributed by atoms with Crippen LogP contribution in [0.4, 0.5) is 5.69 Å². The molecule has 1 N–H and O–H groups in total. The maximum atomic E-state index is 12.5. The van der Waals surface area contributed by atoms with Crippen LogP contribution in [0.2, 0.25) is 0 Å². The lowest BCUT2D eigenvalue weighted by molar-refractivity contribution is -0.118. The standard InChI is InChI=1S/C20H20N4O2S/c1-3-18(25)24-11-10-13-12-14(8-9-15(13)24)19(26)21-22-20-23(2)16-6-4-5-7-17(16)27-20/h4-9,12H,3,10-11H2,1-2H3,(H,21,26)/b22-20+. The zero-order chi connectivity index (χ0) is 19.0. The second-order valence-electron chi connectivity index (χ2n) is 6.46. The van der Waals surface area contributed by atoms with Gasteiger partial charge in [-0.1, -0.05) is 30.4 Å². The highest BCUT2D eigenvalue weighted by atomic mass is 32.1. The fourth-order valence-corrected chi connectivity index (χ4v) is 4.32. The van der Waals surface area contributed by atoms with Crippen LogP contribution in [-0.4, -0.2) is 22.9 Å². The number of hydrogen-bond donors (Lipinski definition) is 1. The molecule has 0 spiro atoms. The number of benzene rings is 2. The number of nitrogens with zero attached hydrogens (tertiary/aromatic N) is 3. The van der Waals surface area contributed by atoms with Crippen LogP contribution in [0.5, 0.6) is 0 Å². The molecule has 0 aliphatic carbocycles. The fraction of sp³-hybridized carbons (Fsp3) is 0.250. The minimum atomic E-state index is -0.254. The van der Waals surface area contributed by atoms with Gasteiger partial charge < -0.3 is 9.47 Å². The molecule has 27 heavy (non-hydrogen) atoms. The number of anilines is 1. The second kappa shape index (κ2) is 7.00. The zero-order valence-corrected chi connectivity index (χ0v) is 16.0. The Balaban J connectivity index is 1.57. The van der Waals surface area contributed by atoms with Gasteiger partial charge in [0.2, 0.25) is 10.7 Å². The molecule has 0 unspecified atom stereocenters. The van der Waals surface area contributed by atoms with Gasteiger partial charge in [0, 0.05) is 31.3 Å². The molecule has 1 aliphatic heterocycles. The van der Waals surface area contributed by atoms with Crippen molar-refractivity contribution < 1.29 is 9.59 Å². The number of carbonyl (C=O) groups excluding carboxylic acids is 2. The van der Waals surface area contributed by atoms with Crippen LogP contribution >= 0.6 is 11.3 Å². The smallest absolute Gasteiger partial charge is 0.271 e. The van der Waals surface area contributed by atoms with E-state index in [9.17, 15) is 9.59 Å². The highest BCUT2D eigenvalue weighted by Gasteiger charge is 2.24. The van der Waals surface area contributed by atoms with Crippen molar-refractivity contribution in [3.63, 3.8) is 0 Å². The number of aromatic nitrogens is 1. The Hall–Kier alpha value is -2.93. The number of nitrogens with one attached hydrogen (secondary N) is 1. The molecule has 4 rings (SSSR count). The molecule has 1 aromatic heterocycles. The van der Waals surface area contributed by atoms with Gasteiger partial charge in [0.05, 0.1) is 10.2 Å². The molecule has 0 saturated carbocycles. The summed E-state index contributed by atoms with van der Waals surface area (Å²) in [7, 11) is 1.93. The van der Waals surface area contributed by atoms with E-state index in [1.165, 1.54) is 11.3 Å². The van der Waals surface area contributed by atoms with Crippen molar-refractivity contribution in [3.05, 3.63) is 58.4 Å². The minimum absolute atomic E-state index is 0.109. The fourth-order valence-electron chi connectivity index (χ4n) is 3.34. The predicted octanol–water partition coefficient (Wildman–Crippen LogP) is 2.78. The first-order chi connectivity index (χ1) is 13.1. The minimum Gasteiger partial charge on any atom is -0.318 e. The molecule has 0 radical (unpaired) electrons. The third kappa shape index (κ3) is 3.14. The van der Waals surface area contributed by atoms with Gasteiger partial charge in [-0.05, 0) is 42.3 Å². The largest absolute Gasteiger partial charge is 0.318 e. The summed E-state index contributed by atoms with van der Waals surface area (Å²) in [6.45, 7) is 2.53. The summed E-state index contributed by atoms with van der Waals surface area (Å²) in [6, 6.07) is 13.5. The van der Waals surface area contributed by atoms with Gasteiger partial charge in [0.15, 0.2) is 0 Å². The van der Waals surface area contributed by atoms with E-state index < -0.39 is 0 Å². The van der Waals surface area contributed by atoms with E-state index in [4.69, 9.17) is 0 Å². The van der Waals surface area contributed by atoms with Crippen LogP contribution in [0.3, 0.4) is 0 Å². The number of aryl methyl sites for hydroxylation is 1. The Morgan fingerprint density at radius 2 is 2.04 bits per heavy atom. The van der Waals surface area contributed by atoms with Crippen LogP contribution in [0.1, 0.15) is 29.3 Å². The Labute approximate surface area is 160 Å². The van der Waals surface area contributed by atoms with Gasteiger partial charge in [0.25, 0.3) is 5.91 Å². The number of fused-ring (bicyclic) bond motifs is 2. The lowest BCUT2D eigenvalue weighted by Crippen LogP contribution is -2.27. The number of hydrogen-bond acceptors (Lipinski definition) is 4. The molecule has 1 aliphatic rings. The summed E-state index contributed by atoms with van der Waals surface area (Å²) >= 11 is 1.52. The molecule has 0 bridgehead atoms. The summed E-state index contributed by atoms with van der Waals surface area (Å²) < 4.78 is 3.07. The highest BCUT2D eigenvalue weighted by molar-refractivity contribution is 7.16. The molecule has 6 nitrogen and oxygen atoms in total. The van der Waals surface area contributed by atoms with Crippen molar-refractivity contribution >= 4 is 39.1 Å². The maximum absolute atomic E-state index is 12.5. The van der Waals surface area contributed by atoms with Gasteiger partial charge in [-0.25, -0.2) is 5.43 Å². The average Bonchev–Trinajstić information content (AvgIpc) is 3.26. The van der Waals surface area contributed by atoms with Crippen LogP contribution < -0.4 is 15.1 Å². The summed E-state index contributed by atoms with van der Waals surface area (Å²) in [6.07, 6.45) is 1.25. The lowest BCUT2D eigenvalue weighted by Gasteiger charge is -2.16. The van der Waals surface area contributed by atoms with E-state index >= 15 is 0 Å².